The van der Waals surface area contributed by atoms with Crippen LogP contribution in [0.25, 0.3) is 0 Å². The molecule has 0 amide bonds. The van der Waals surface area contributed by atoms with E-state index >= 15 is 0 Å². The maximum absolute atomic E-state index is 12.9. The third kappa shape index (κ3) is 4.58. The highest BCUT2D eigenvalue weighted by Gasteiger charge is 2.13. The minimum Gasteiger partial charge on any atom is -0.506 e. The van der Waals surface area contributed by atoms with Crippen LogP contribution in [-0.4, -0.2) is 33.0 Å². The summed E-state index contributed by atoms with van der Waals surface area (Å²) in [6.45, 7) is 0.316. The number of halogens is 1. The lowest BCUT2D eigenvalue weighted by Gasteiger charge is -2.09. The lowest BCUT2D eigenvalue weighted by atomic mass is 10.3. The predicted octanol–water partition coefficient (Wildman–Crippen LogP) is 1.31. The third-order valence-corrected chi connectivity index (χ3v) is 3.34. The van der Waals surface area contributed by atoms with E-state index in [-0.39, 0.29) is 17.2 Å². The van der Waals surface area contributed by atoms with Gasteiger partial charge in [0.15, 0.2) is 0 Å². The van der Waals surface area contributed by atoms with Crippen LogP contribution >= 0.6 is 0 Å². The molecule has 0 spiro atoms. The highest BCUT2D eigenvalue weighted by atomic mass is 32.2. The molecule has 1 aromatic carbocycles. The van der Waals surface area contributed by atoms with Gasteiger partial charge in [0, 0.05) is 19.8 Å². The predicted molar refractivity (Wildman–Crippen MR) is 62.0 cm³/mol. The van der Waals surface area contributed by atoms with E-state index in [9.17, 15) is 17.9 Å². The molecule has 0 heterocycles. The fourth-order valence-electron chi connectivity index (χ4n) is 1.20. The zero-order chi connectivity index (χ0) is 12.9. The van der Waals surface area contributed by atoms with E-state index in [1.54, 1.807) is 0 Å². The van der Waals surface area contributed by atoms with Gasteiger partial charge in [0.2, 0.25) is 10.0 Å². The van der Waals surface area contributed by atoms with Crippen molar-refractivity contribution in [2.45, 2.75) is 6.42 Å². The molecular formula is C10H14FNO4S. The maximum Gasteiger partial charge on any atom is 0.232 e. The second-order valence-corrected chi connectivity index (χ2v) is 5.27. The molecule has 0 aromatic heterocycles. The van der Waals surface area contributed by atoms with Crippen LogP contribution in [0.4, 0.5) is 10.1 Å². The van der Waals surface area contributed by atoms with E-state index in [0.717, 1.165) is 18.2 Å². The SMILES string of the molecule is COCCCS(=O)(=O)Nc1cc(F)ccc1O. The third-order valence-electron chi connectivity index (χ3n) is 1.99. The van der Waals surface area contributed by atoms with Gasteiger partial charge in [0.25, 0.3) is 0 Å². The number of rotatable bonds is 6. The van der Waals surface area contributed by atoms with Gasteiger partial charge in [-0.1, -0.05) is 0 Å². The Morgan fingerprint density at radius 2 is 2.18 bits per heavy atom. The molecule has 1 aromatic rings. The summed E-state index contributed by atoms with van der Waals surface area (Å²) in [4.78, 5) is 0. The van der Waals surface area contributed by atoms with Crippen LogP contribution < -0.4 is 4.72 Å². The van der Waals surface area contributed by atoms with Gasteiger partial charge in [-0.25, -0.2) is 12.8 Å². The number of nitrogens with one attached hydrogen (secondary N) is 1. The van der Waals surface area contributed by atoms with Crippen LogP contribution in [0.15, 0.2) is 18.2 Å². The summed E-state index contributed by atoms with van der Waals surface area (Å²) in [5.41, 5.74) is -0.164. The minimum atomic E-state index is -3.60. The fourth-order valence-corrected chi connectivity index (χ4v) is 2.30. The van der Waals surface area contributed by atoms with Gasteiger partial charge in [-0.15, -0.1) is 0 Å². The van der Waals surface area contributed by atoms with Gasteiger partial charge < -0.3 is 9.84 Å². The van der Waals surface area contributed by atoms with Crippen molar-refractivity contribution in [3.05, 3.63) is 24.0 Å². The van der Waals surface area contributed by atoms with Gasteiger partial charge >= 0.3 is 0 Å². The molecule has 0 aliphatic carbocycles. The number of anilines is 1. The van der Waals surface area contributed by atoms with E-state index < -0.39 is 15.8 Å². The standard InChI is InChI=1S/C10H14FNO4S/c1-16-5-2-6-17(14,15)12-9-7-8(11)3-4-10(9)13/h3-4,7,12-13H,2,5-6H2,1H3. The molecule has 0 saturated heterocycles. The average molecular weight is 263 g/mol. The Morgan fingerprint density at radius 1 is 1.47 bits per heavy atom. The molecule has 2 N–H and O–H groups in total. The van der Waals surface area contributed by atoms with Crippen LogP contribution in [0.1, 0.15) is 6.42 Å². The molecule has 0 atom stereocenters. The summed E-state index contributed by atoms with van der Waals surface area (Å²) in [7, 11) is -2.13. The van der Waals surface area contributed by atoms with Crippen LogP contribution in [0.2, 0.25) is 0 Å². The van der Waals surface area contributed by atoms with Crippen molar-refractivity contribution < 1.29 is 22.7 Å². The Kier molecular flexibility index (Phi) is 4.71. The number of benzene rings is 1. The van der Waals surface area contributed by atoms with Crippen molar-refractivity contribution in [2.24, 2.45) is 0 Å². The topological polar surface area (TPSA) is 75.6 Å². The van der Waals surface area contributed by atoms with Crippen LogP contribution in [0.3, 0.4) is 0 Å². The summed E-state index contributed by atoms with van der Waals surface area (Å²) < 4.78 is 42.8. The summed E-state index contributed by atoms with van der Waals surface area (Å²) in [6.07, 6.45) is 0.321. The Morgan fingerprint density at radius 3 is 2.82 bits per heavy atom. The van der Waals surface area contributed by atoms with E-state index in [2.05, 4.69) is 4.72 Å². The molecule has 17 heavy (non-hydrogen) atoms. The highest BCUT2D eigenvalue weighted by molar-refractivity contribution is 7.92. The quantitative estimate of drug-likeness (QED) is 0.599. The number of hydrogen-bond acceptors (Lipinski definition) is 4. The van der Waals surface area contributed by atoms with Crippen molar-refractivity contribution in [1.82, 2.24) is 0 Å². The number of phenols is 1. The molecule has 0 aliphatic rings. The Bertz CT molecular complexity index is 475. The number of phenolic OH excluding ortho intramolecular Hbond substituents is 1. The first-order chi connectivity index (χ1) is 7.94. The smallest absolute Gasteiger partial charge is 0.232 e. The van der Waals surface area contributed by atoms with Gasteiger partial charge in [-0.05, 0) is 18.6 Å². The molecule has 0 bridgehead atoms. The van der Waals surface area contributed by atoms with Crippen molar-refractivity contribution in [2.75, 3.05) is 24.2 Å². The summed E-state index contributed by atoms with van der Waals surface area (Å²) >= 11 is 0. The Labute approximate surface area is 99.3 Å². The van der Waals surface area contributed by atoms with E-state index in [1.165, 1.54) is 7.11 Å². The van der Waals surface area contributed by atoms with Gasteiger partial charge in [-0.3, -0.25) is 4.72 Å². The number of aromatic hydroxyl groups is 1. The van der Waals surface area contributed by atoms with Crippen molar-refractivity contribution in [3.8, 4) is 5.75 Å². The molecule has 0 fully saturated rings. The first-order valence-electron chi connectivity index (χ1n) is 4.92. The lowest BCUT2D eigenvalue weighted by molar-refractivity contribution is 0.199. The average Bonchev–Trinajstić information content (AvgIpc) is 2.23. The highest BCUT2D eigenvalue weighted by Crippen LogP contribution is 2.24. The maximum atomic E-state index is 12.9. The first kappa shape index (κ1) is 13.7. The fraction of sp³-hybridized carbons (Fsp3) is 0.400. The second-order valence-electron chi connectivity index (χ2n) is 3.43. The zero-order valence-electron chi connectivity index (χ0n) is 9.31. The zero-order valence-corrected chi connectivity index (χ0v) is 10.1. The van der Waals surface area contributed by atoms with Crippen molar-refractivity contribution in [3.63, 3.8) is 0 Å². The Balaban J connectivity index is 2.72. The molecule has 0 saturated carbocycles. The van der Waals surface area contributed by atoms with Crippen LogP contribution in [-0.2, 0) is 14.8 Å². The normalized spacial score (nSPS) is 11.4. The number of hydrogen-bond donors (Lipinski definition) is 2. The molecule has 0 radical (unpaired) electrons. The first-order valence-corrected chi connectivity index (χ1v) is 6.58. The summed E-state index contributed by atoms with van der Waals surface area (Å²) in [5.74, 6) is -1.10. The number of methoxy groups -OCH3 is 1. The molecule has 7 heteroatoms. The molecule has 5 nitrogen and oxygen atoms in total. The van der Waals surface area contributed by atoms with E-state index in [4.69, 9.17) is 4.74 Å². The summed E-state index contributed by atoms with van der Waals surface area (Å²) in [5, 5.41) is 9.35. The molecule has 0 aliphatic heterocycles. The van der Waals surface area contributed by atoms with Gasteiger partial charge in [-0.2, -0.15) is 0 Å². The molecule has 0 unspecified atom stereocenters. The van der Waals surface area contributed by atoms with E-state index in [0.29, 0.717) is 13.0 Å². The molecular weight excluding hydrogens is 249 g/mol. The second kappa shape index (κ2) is 5.83. The monoisotopic (exact) mass is 263 g/mol. The van der Waals surface area contributed by atoms with Crippen molar-refractivity contribution in [1.29, 1.82) is 0 Å². The lowest BCUT2D eigenvalue weighted by Crippen LogP contribution is -2.17. The van der Waals surface area contributed by atoms with Gasteiger partial charge in [0.05, 0.1) is 11.4 Å². The molecule has 96 valence electrons. The number of sulfonamides is 1. The summed E-state index contributed by atoms with van der Waals surface area (Å²) in [6, 6.07) is 3.05. The van der Waals surface area contributed by atoms with Crippen LogP contribution in [0.5, 0.6) is 5.75 Å². The van der Waals surface area contributed by atoms with Crippen molar-refractivity contribution >= 4 is 15.7 Å². The minimum absolute atomic E-state index is 0.156. The Hall–Kier alpha value is -1.34. The largest absolute Gasteiger partial charge is 0.506 e. The molecule has 1 rings (SSSR count). The van der Waals surface area contributed by atoms with E-state index in [1.807, 2.05) is 0 Å². The van der Waals surface area contributed by atoms with Gasteiger partial charge in [0.1, 0.15) is 11.6 Å². The number of ether oxygens (including phenoxy) is 1. The van der Waals surface area contributed by atoms with Crippen LogP contribution in [0, 0.1) is 5.82 Å².